The third-order valence-corrected chi connectivity index (χ3v) is 4.04. The Hall–Kier alpha value is -3.87. The van der Waals surface area contributed by atoms with E-state index in [1.54, 1.807) is 18.3 Å². The lowest BCUT2D eigenvalue weighted by Crippen LogP contribution is -1.99. The fourth-order valence-electron chi connectivity index (χ4n) is 2.59. The maximum atomic E-state index is 11.4. The summed E-state index contributed by atoms with van der Waals surface area (Å²) in [6.07, 6.45) is 1.57. The van der Waals surface area contributed by atoms with Crippen molar-refractivity contribution in [3.05, 3.63) is 66.4 Å². The molecule has 0 aliphatic carbocycles. The number of benzene rings is 2. The van der Waals surface area contributed by atoms with Crippen LogP contribution in [0.4, 0.5) is 5.82 Å². The lowest BCUT2D eigenvalue weighted by atomic mass is 10.1. The van der Waals surface area contributed by atoms with Gasteiger partial charge in [-0.1, -0.05) is 42.5 Å². The Morgan fingerprint density at radius 1 is 0.963 bits per heavy atom. The number of Topliss-reactive ketones (excluding diaryl/α,β-unsaturated/α-hetero) is 1. The van der Waals surface area contributed by atoms with Gasteiger partial charge in [-0.25, -0.2) is 9.97 Å². The zero-order chi connectivity index (χ0) is 18.8. The highest BCUT2D eigenvalue weighted by Gasteiger charge is 2.16. The molecule has 136 valence electrons. The zero-order valence-electron chi connectivity index (χ0n) is 14.5. The third-order valence-electron chi connectivity index (χ3n) is 4.04. The number of nitrogens with two attached hydrogens (primary N) is 1. The van der Waals surface area contributed by atoms with Crippen molar-refractivity contribution in [3.63, 3.8) is 0 Å². The summed E-state index contributed by atoms with van der Waals surface area (Å²) in [5.41, 5.74) is 9.11. The van der Waals surface area contributed by atoms with E-state index < -0.39 is 0 Å². The topological polar surface area (TPSA) is 108 Å². The van der Waals surface area contributed by atoms with Gasteiger partial charge < -0.3 is 10.2 Å². The van der Waals surface area contributed by atoms with Crippen molar-refractivity contribution in [1.82, 2.24) is 20.2 Å². The van der Waals surface area contributed by atoms with Crippen molar-refractivity contribution >= 4 is 11.6 Å². The second-order valence-corrected chi connectivity index (χ2v) is 5.90. The van der Waals surface area contributed by atoms with Gasteiger partial charge in [-0.3, -0.25) is 4.79 Å². The van der Waals surface area contributed by atoms with Crippen LogP contribution in [0.2, 0.25) is 0 Å². The molecule has 4 rings (SSSR count). The lowest BCUT2D eigenvalue weighted by molar-refractivity contribution is 0.101. The van der Waals surface area contributed by atoms with E-state index in [1.807, 2.05) is 42.5 Å². The van der Waals surface area contributed by atoms with Crippen LogP contribution in [-0.2, 0) is 0 Å². The van der Waals surface area contributed by atoms with E-state index in [1.165, 1.54) is 6.92 Å². The molecule has 0 unspecified atom stereocenters. The standard InChI is InChI=1S/C20H15N5O2.2H2/c1-12(26)13-7-9-14(10-8-13)16-11-22-18(21)17(23-16)20-25-24-19(27-20)15-5-3-2-4-6-15;;/h2-11H,1H3,(H2,21,22);2*1H. The first kappa shape index (κ1) is 16.6. The maximum absolute atomic E-state index is 11.4. The van der Waals surface area contributed by atoms with Crippen LogP contribution in [0.3, 0.4) is 0 Å². The summed E-state index contributed by atoms with van der Waals surface area (Å²) >= 11 is 0. The number of nitrogens with zero attached hydrogens (tertiary/aromatic N) is 4. The zero-order valence-corrected chi connectivity index (χ0v) is 14.5. The number of rotatable bonds is 4. The van der Waals surface area contributed by atoms with Crippen molar-refractivity contribution in [2.75, 3.05) is 5.73 Å². The molecule has 0 spiro atoms. The summed E-state index contributed by atoms with van der Waals surface area (Å²) in [6.45, 7) is 1.52. The van der Waals surface area contributed by atoms with Gasteiger partial charge in [-0.2, -0.15) is 0 Å². The normalized spacial score (nSPS) is 10.7. The van der Waals surface area contributed by atoms with E-state index in [4.69, 9.17) is 10.2 Å². The van der Waals surface area contributed by atoms with Crippen LogP contribution in [0.5, 0.6) is 0 Å². The monoisotopic (exact) mass is 361 g/mol. The van der Waals surface area contributed by atoms with Crippen LogP contribution >= 0.6 is 0 Å². The summed E-state index contributed by atoms with van der Waals surface area (Å²) in [5, 5.41) is 8.11. The minimum Gasteiger partial charge on any atom is -0.414 e. The first-order valence-electron chi connectivity index (χ1n) is 8.25. The van der Waals surface area contributed by atoms with Crippen molar-refractivity contribution in [1.29, 1.82) is 0 Å². The summed E-state index contributed by atoms with van der Waals surface area (Å²) in [5.74, 6) is 0.774. The molecule has 7 heteroatoms. The van der Waals surface area contributed by atoms with E-state index in [-0.39, 0.29) is 20.3 Å². The maximum Gasteiger partial charge on any atom is 0.270 e. The second kappa shape index (κ2) is 6.80. The first-order valence-corrected chi connectivity index (χ1v) is 8.25. The molecule has 0 bridgehead atoms. The fraction of sp³-hybridized carbons (Fsp3) is 0.0500. The predicted molar refractivity (Wildman–Crippen MR) is 105 cm³/mol. The summed E-state index contributed by atoms with van der Waals surface area (Å²) in [6, 6.07) is 16.5. The van der Waals surface area contributed by atoms with Crippen LogP contribution < -0.4 is 5.73 Å². The SMILES string of the molecule is CC(=O)c1ccc(-c2cnc(N)c(-c3nnc(-c4ccccc4)o3)n2)cc1.[HH].[HH]. The molecule has 2 N–H and O–H groups in total. The molecule has 7 nitrogen and oxygen atoms in total. The quantitative estimate of drug-likeness (QED) is 0.544. The Morgan fingerprint density at radius 2 is 1.67 bits per heavy atom. The Balaban J connectivity index is 0.00000150. The number of nitrogen functional groups attached to an aromatic ring is 1. The molecule has 0 amide bonds. The molecule has 0 saturated carbocycles. The first-order chi connectivity index (χ1) is 13.1. The molecule has 0 atom stereocenters. The second-order valence-electron chi connectivity index (χ2n) is 5.90. The van der Waals surface area contributed by atoms with Crippen LogP contribution in [0.15, 0.2) is 65.2 Å². The minimum absolute atomic E-state index is 0. The molecular weight excluding hydrogens is 342 g/mol. The van der Waals surface area contributed by atoms with E-state index in [9.17, 15) is 4.79 Å². The largest absolute Gasteiger partial charge is 0.414 e. The fourth-order valence-corrected chi connectivity index (χ4v) is 2.59. The van der Waals surface area contributed by atoms with Crippen molar-refractivity contribution in [3.8, 4) is 34.3 Å². The highest BCUT2D eigenvalue weighted by atomic mass is 16.4. The van der Waals surface area contributed by atoms with E-state index in [0.717, 1.165) is 11.1 Å². The van der Waals surface area contributed by atoms with Crippen molar-refractivity contribution in [2.24, 2.45) is 0 Å². The molecule has 0 fully saturated rings. The van der Waals surface area contributed by atoms with Gasteiger partial charge in [-0.05, 0) is 19.1 Å². The third kappa shape index (κ3) is 3.30. The van der Waals surface area contributed by atoms with E-state index in [2.05, 4.69) is 20.2 Å². The molecule has 0 saturated heterocycles. The Labute approximate surface area is 157 Å². The molecule has 2 aromatic carbocycles. The molecule has 0 aliphatic rings. The van der Waals surface area contributed by atoms with Gasteiger partial charge in [0.15, 0.2) is 17.3 Å². The van der Waals surface area contributed by atoms with Gasteiger partial charge in [-0.15, -0.1) is 10.2 Å². The van der Waals surface area contributed by atoms with Crippen molar-refractivity contribution < 1.29 is 12.1 Å². The number of anilines is 1. The molecule has 0 aliphatic heterocycles. The average molecular weight is 361 g/mol. The van der Waals surface area contributed by atoms with Gasteiger partial charge in [0.25, 0.3) is 5.89 Å². The molecule has 4 aromatic rings. The van der Waals surface area contributed by atoms with E-state index in [0.29, 0.717) is 22.8 Å². The Bertz CT molecular complexity index is 1120. The number of carbonyl (C=O) groups is 1. The van der Waals surface area contributed by atoms with Crippen LogP contribution in [0.1, 0.15) is 20.1 Å². The summed E-state index contributed by atoms with van der Waals surface area (Å²) < 4.78 is 5.73. The lowest BCUT2D eigenvalue weighted by Gasteiger charge is -2.05. The highest BCUT2D eigenvalue weighted by molar-refractivity contribution is 5.94. The Morgan fingerprint density at radius 3 is 2.37 bits per heavy atom. The Kier molecular flexibility index (Phi) is 4.18. The molecule has 2 aromatic heterocycles. The average Bonchev–Trinajstić information content (AvgIpc) is 3.19. The van der Waals surface area contributed by atoms with Crippen molar-refractivity contribution in [2.45, 2.75) is 6.92 Å². The van der Waals surface area contributed by atoms with Gasteiger partial charge in [0.1, 0.15) is 0 Å². The molecular formula is C20H19N5O2. The van der Waals surface area contributed by atoms with Gasteiger partial charge >= 0.3 is 0 Å². The number of hydrogen-bond donors (Lipinski definition) is 1. The number of carbonyl (C=O) groups excluding carboxylic acids is 1. The predicted octanol–water partition coefficient (Wildman–Crippen LogP) is 4.14. The smallest absolute Gasteiger partial charge is 0.270 e. The van der Waals surface area contributed by atoms with Gasteiger partial charge in [0, 0.05) is 19.5 Å². The number of aromatic nitrogens is 4. The molecule has 2 heterocycles. The van der Waals surface area contributed by atoms with Crippen LogP contribution in [0, 0.1) is 0 Å². The van der Waals surface area contributed by atoms with Gasteiger partial charge in [0.05, 0.1) is 11.9 Å². The highest BCUT2D eigenvalue weighted by Crippen LogP contribution is 2.27. The van der Waals surface area contributed by atoms with Crippen LogP contribution in [-0.4, -0.2) is 25.9 Å². The number of ketones is 1. The summed E-state index contributed by atoms with van der Waals surface area (Å²) in [4.78, 5) is 20.1. The van der Waals surface area contributed by atoms with E-state index >= 15 is 0 Å². The number of hydrogen-bond acceptors (Lipinski definition) is 7. The van der Waals surface area contributed by atoms with Crippen LogP contribution in [0.25, 0.3) is 34.3 Å². The minimum atomic E-state index is 0. The summed E-state index contributed by atoms with van der Waals surface area (Å²) in [7, 11) is 0. The molecule has 0 radical (unpaired) electrons. The van der Waals surface area contributed by atoms with Gasteiger partial charge in [0.2, 0.25) is 5.89 Å². The molecule has 27 heavy (non-hydrogen) atoms.